The molecule has 5 nitrogen and oxygen atoms in total. The second-order valence-electron chi connectivity index (χ2n) is 6.17. The summed E-state index contributed by atoms with van der Waals surface area (Å²) in [6.45, 7) is 6.42. The summed E-state index contributed by atoms with van der Waals surface area (Å²) in [7, 11) is 2.21. The van der Waals surface area contributed by atoms with Crippen molar-refractivity contribution in [3.05, 3.63) is 47.5 Å². The van der Waals surface area contributed by atoms with E-state index in [1.54, 1.807) is 0 Å². The minimum Gasteiger partial charge on any atom is -0.303 e. The Hall–Kier alpha value is -1.72. The number of nitrogens with zero attached hydrogens (tertiary/aromatic N) is 4. The van der Waals surface area contributed by atoms with Gasteiger partial charge in [-0.2, -0.15) is 5.10 Å². The molecule has 1 aromatic heterocycles. The molecule has 1 aliphatic heterocycles. The van der Waals surface area contributed by atoms with E-state index in [2.05, 4.69) is 62.4 Å². The van der Waals surface area contributed by atoms with Crippen LogP contribution in [-0.2, 0) is 6.42 Å². The summed E-state index contributed by atoms with van der Waals surface area (Å²) < 4.78 is 0. The average Bonchev–Trinajstić information content (AvgIpc) is 2.95. The maximum atomic E-state index is 4.39. The summed E-state index contributed by atoms with van der Waals surface area (Å²) in [5, 5.41) is 7.14. The number of likely N-dealkylation sites (N-methyl/N-ethyl adjacent to an activating group) is 1. The van der Waals surface area contributed by atoms with Gasteiger partial charge in [-0.25, -0.2) is 4.98 Å². The van der Waals surface area contributed by atoms with E-state index in [9.17, 15) is 0 Å². The fourth-order valence-corrected chi connectivity index (χ4v) is 3.16. The topological polar surface area (TPSA) is 48.1 Å². The first kappa shape index (κ1) is 15.2. The molecule has 0 spiro atoms. The van der Waals surface area contributed by atoms with Gasteiger partial charge in [0, 0.05) is 32.1 Å². The molecule has 5 heteroatoms. The van der Waals surface area contributed by atoms with Gasteiger partial charge in [-0.15, -0.1) is 0 Å². The highest BCUT2D eigenvalue weighted by atomic mass is 15.3. The normalized spacial score (nSPS) is 20.4. The zero-order valence-electron chi connectivity index (χ0n) is 13.5. The lowest BCUT2D eigenvalue weighted by atomic mass is 10.0. The van der Waals surface area contributed by atoms with E-state index < -0.39 is 0 Å². The van der Waals surface area contributed by atoms with Crippen molar-refractivity contribution in [2.24, 2.45) is 0 Å². The van der Waals surface area contributed by atoms with Crippen molar-refractivity contribution in [2.75, 3.05) is 33.2 Å². The van der Waals surface area contributed by atoms with Crippen LogP contribution in [0.4, 0.5) is 0 Å². The highest BCUT2D eigenvalue weighted by Crippen LogP contribution is 2.24. The molecule has 1 atom stereocenters. The summed E-state index contributed by atoms with van der Waals surface area (Å²) in [4.78, 5) is 9.42. The van der Waals surface area contributed by atoms with Crippen LogP contribution in [0.15, 0.2) is 30.3 Å². The smallest absolute Gasteiger partial charge is 0.150 e. The molecule has 1 fully saturated rings. The van der Waals surface area contributed by atoms with Gasteiger partial charge in [0.15, 0.2) is 5.82 Å². The molecule has 2 heterocycles. The van der Waals surface area contributed by atoms with Crippen LogP contribution in [0.1, 0.15) is 29.7 Å². The highest BCUT2D eigenvalue weighted by molar-refractivity contribution is 5.20. The Balaban J connectivity index is 1.60. The van der Waals surface area contributed by atoms with Crippen LogP contribution in [0.25, 0.3) is 0 Å². The van der Waals surface area contributed by atoms with Crippen LogP contribution in [0.3, 0.4) is 0 Å². The number of H-pyrrole nitrogens is 1. The van der Waals surface area contributed by atoms with E-state index in [0.29, 0.717) is 6.04 Å². The summed E-state index contributed by atoms with van der Waals surface area (Å²) in [6.07, 6.45) is 2.04. The third-order valence-electron chi connectivity index (χ3n) is 4.37. The van der Waals surface area contributed by atoms with E-state index in [1.807, 2.05) is 6.92 Å². The van der Waals surface area contributed by atoms with Gasteiger partial charge in [0.05, 0.1) is 0 Å². The molecule has 1 aromatic carbocycles. The van der Waals surface area contributed by atoms with Gasteiger partial charge in [0.2, 0.25) is 0 Å². The molecule has 1 saturated heterocycles. The van der Waals surface area contributed by atoms with Gasteiger partial charge in [-0.05, 0) is 32.5 Å². The van der Waals surface area contributed by atoms with E-state index in [1.165, 1.54) is 5.56 Å². The molecular weight excluding hydrogens is 274 g/mol. The Morgan fingerprint density at radius 2 is 2.05 bits per heavy atom. The molecule has 0 radical (unpaired) electrons. The molecule has 22 heavy (non-hydrogen) atoms. The maximum Gasteiger partial charge on any atom is 0.150 e. The number of piperazine rings is 1. The number of rotatable bonds is 5. The third-order valence-corrected chi connectivity index (χ3v) is 4.37. The quantitative estimate of drug-likeness (QED) is 0.918. The second-order valence-corrected chi connectivity index (χ2v) is 6.17. The zero-order valence-corrected chi connectivity index (χ0v) is 13.5. The Morgan fingerprint density at radius 3 is 2.77 bits per heavy atom. The molecule has 0 amide bonds. The highest BCUT2D eigenvalue weighted by Gasteiger charge is 2.25. The largest absolute Gasteiger partial charge is 0.303 e. The Morgan fingerprint density at radius 1 is 1.23 bits per heavy atom. The van der Waals surface area contributed by atoms with Crippen LogP contribution in [0.5, 0.6) is 0 Å². The zero-order chi connectivity index (χ0) is 15.4. The van der Waals surface area contributed by atoms with Gasteiger partial charge in [-0.3, -0.25) is 10.00 Å². The van der Waals surface area contributed by atoms with Gasteiger partial charge >= 0.3 is 0 Å². The van der Waals surface area contributed by atoms with E-state index in [4.69, 9.17) is 0 Å². The summed E-state index contributed by atoms with van der Waals surface area (Å²) in [6, 6.07) is 11.3. The number of benzene rings is 1. The molecule has 118 valence electrons. The minimum absolute atomic E-state index is 0.494. The summed E-state index contributed by atoms with van der Waals surface area (Å²) in [5.74, 6) is 1.83. The fourth-order valence-electron chi connectivity index (χ4n) is 3.16. The predicted molar refractivity (Wildman–Crippen MR) is 87.7 cm³/mol. The minimum atomic E-state index is 0.494. The molecule has 0 saturated carbocycles. The Bertz CT molecular complexity index is 580. The lowest BCUT2D eigenvalue weighted by molar-refractivity contribution is 0.0888. The summed E-state index contributed by atoms with van der Waals surface area (Å²) >= 11 is 0. The van der Waals surface area contributed by atoms with Gasteiger partial charge < -0.3 is 4.90 Å². The number of hydrogen-bond acceptors (Lipinski definition) is 4. The van der Waals surface area contributed by atoms with Crippen molar-refractivity contribution in [1.29, 1.82) is 0 Å². The van der Waals surface area contributed by atoms with Gasteiger partial charge in [-0.1, -0.05) is 30.3 Å². The Kier molecular flexibility index (Phi) is 4.85. The first-order chi connectivity index (χ1) is 10.7. The SMILES string of the molecule is Cc1nc(CCCN2CCN(C)C[C@@H]2c2ccccc2)n[nH]1. The lowest BCUT2D eigenvalue weighted by Crippen LogP contribution is -2.47. The summed E-state index contributed by atoms with van der Waals surface area (Å²) in [5.41, 5.74) is 1.42. The Labute approximate surface area is 132 Å². The molecule has 0 unspecified atom stereocenters. The number of nitrogens with one attached hydrogen (secondary N) is 1. The number of aromatic nitrogens is 3. The first-order valence-corrected chi connectivity index (χ1v) is 8.08. The van der Waals surface area contributed by atoms with E-state index in [0.717, 1.165) is 50.7 Å². The molecule has 0 bridgehead atoms. The molecule has 3 rings (SSSR count). The van der Waals surface area contributed by atoms with Gasteiger partial charge in [0.1, 0.15) is 5.82 Å². The van der Waals surface area contributed by atoms with Crippen LogP contribution >= 0.6 is 0 Å². The van der Waals surface area contributed by atoms with Crippen molar-refractivity contribution in [1.82, 2.24) is 25.0 Å². The van der Waals surface area contributed by atoms with E-state index >= 15 is 0 Å². The predicted octanol–water partition coefficient (Wildman–Crippen LogP) is 2.03. The van der Waals surface area contributed by atoms with Crippen molar-refractivity contribution in [3.8, 4) is 0 Å². The van der Waals surface area contributed by atoms with Crippen LogP contribution in [0.2, 0.25) is 0 Å². The number of hydrogen-bond donors (Lipinski definition) is 1. The molecule has 0 aliphatic carbocycles. The monoisotopic (exact) mass is 299 g/mol. The second kappa shape index (κ2) is 7.03. The molecule has 1 aliphatic rings. The fraction of sp³-hybridized carbons (Fsp3) is 0.529. The molecule has 2 aromatic rings. The van der Waals surface area contributed by atoms with Crippen LogP contribution in [-0.4, -0.2) is 58.2 Å². The molecule has 1 N–H and O–H groups in total. The van der Waals surface area contributed by atoms with Gasteiger partial charge in [0.25, 0.3) is 0 Å². The number of aromatic amines is 1. The van der Waals surface area contributed by atoms with Crippen molar-refractivity contribution >= 4 is 0 Å². The molecular formula is C17H25N5. The average molecular weight is 299 g/mol. The van der Waals surface area contributed by atoms with Crippen molar-refractivity contribution in [3.63, 3.8) is 0 Å². The third kappa shape index (κ3) is 3.72. The van der Waals surface area contributed by atoms with E-state index in [-0.39, 0.29) is 0 Å². The lowest BCUT2D eigenvalue weighted by Gasteiger charge is -2.40. The standard InChI is InChI=1S/C17H25N5/c1-14-18-17(20-19-14)9-6-10-22-12-11-21(2)13-16(22)15-7-4-3-5-8-15/h3-5,7-8,16H,6,9-13H2,1-2H3,(H,18,19,20)/t16-/m1/s1. The maximum absolute atomic E-state index is 4.39. The van der Waals surface area contributed by atoms with Crippen LogP contribution in [0, 0.1) is 6.92 Å². The number of aryl methyl sites for hydroxylation is 2. The van der Waals surface area contributed by atoms with Crippen molar-refractivity contribution in [2.45, 2.75) is 25.8 Å². The first-order valence-electron chi connectivity index (χ1n) is 8.08. The van der Waals surface area contributed by atoms with Crippen molar-refractivity contribution < 1.29 is 0 Å². The van der Waals surface area contributed by atoms with Crippen LogP contribution < -0.4 is 0 Å².